The van der Waals surface area contributed by atoms with Crippen LogP contribution in [0.15, 0.2) is 0 Å². The molecule has 1 saturated heterocycles. The van der Waals surface area contributed by atoms with Crippen LogP contribution in [-0.4, -0.2) is 31.1 Å². The van der Waals surface area contributed by atoms with E-state index in [2.05, 4.69) is 19.2 Å². The van der Waals surface area contributed by atoms with Crippen molar-refractivity contribution >= 4 is 5.78 Å². The van der Waals surface area contributed by atoms with Crippen LogP contribution in [0.4, 0.5) is 0 Å². The van der Waals surface area contributed by atoms with E-state index in [4.69, 9.17) is 4.74 Å². The van der Waals surface area contributed by atoms with Crippen LogP contribution in [0.1, 0.15) is 52.4 Å². The molecule has 0 aromatic carbocycles. The van der Waals surface area contributed by atoms with Crippen LogP contribution in [0, 0.1) is 0 Å². The summed E-state index contributed by atoms with van der Waals surface area (Å²) in [5, 5.41) is 3.32. The van der Waals surface area contributed by atoms with E-state index in [9.17, 15) is 4.79 Å². The van der Waals surface area contributed by atoms with E-state index in [1.165, 1.54) is 0 Å². The van der Waals surface area contributed by atoms with Crippen molar-refractivity contribution in [3.05, 3.63) is 0 Å². The lowest BCUT2D eigenvalue weighted by Crippen LogP contribution is -2.24. The fourth-order valence-electron chi connectivity index (χ4n) is 2.00. The Morgan fingerprint density at radius 1 is 1.44 bits per heavy atom. The van der Waals surface area contributed by atoms with Crippen molar-refractivity contribution in [1.29, 1.82) is 0 Å². The van der Waals surface area contributed by atoms with Crippen molar-refractivity contribution in [3.63, 3.8) is 0 Å². The smallest absolute Gasteiger partial charge is 0.133 e. The number of nitrogens with one attached hydrogen (secondary N) is 1. The fraction of sp³-hybridized carbons (Fsp3) is 0.923. The van der Waals surface area contributed by atoms with Crippen LogP contribution in [-0.2, 0) is 9.53 Å². The highest BCUT2D eigenvalue weighted by molar-refractivity contribution is 5.78. The topological polar surface area (TPSA) is 38.3 Å². The molecular formula is C13H25NO2. The number of ether oxygens (including phenoxy) is 1. The van der Waals surface area contributed by atoms with Gasteiger partial charge in [0.1, 0.15) is 5.78 Å². The minimum absolute atomic E-state index is 0.359. The molecule has 3 nitrogen and oxygen atoms in total. The zero-order valence-corrected chi connectivity index (χ0v) is 10.6. The predicted molar refractivity (Wildman–Crippen MR) is 65.6 cm³/mol. The van der Waals surface area contributed by atoms with Gasteiger partial charge in [0.05, 0.1) is 6.10 Å². The van der Waals surface area contributed by atoms with Crippen LogP contribution < -0.4 is 5.32 Å². The normalized spacial score (nSPS) is 20.6. The van der Waals surface area contributed by atoms with Gasteiger partial charge in [-0.25, -0.2) is 0 Å². The van der Waals surface area contributed by atoms with Gasteiger partial charge in [-0.05, 0) is 32.2 Å². The second kappa shape index (κ2) is 7.80. The molecule has 3 heteroatoms. The first kappa shape index (κ1) is 13.7. The number of rotatable bonds is 8. The summed E-state index contributed by atoms with van der Waals surface area (Å²) in [6.45, 7) is 6.08. The molecule has 1 aliphatic heterocycles. The number of hydrogen-bond donors (Lipinski definition) is 1. The van der Waals surface area contributed by atoms with Crippen LogP contribution in [0.2, 0.25) is 0 Å². The molecule has 0 amide bonds. The summed E-state index contributed by atoms with van der Waals surface area (Å²) in [6.07, 6.45) is 5.97. The highest BCUT2D eigenvalue weighted by Crippen LogP contribution is 2.17. The van der Waals surface area contributed by atoms with Gasteiger partial charge < -0.3 is 10.1 Å². The largest absolute Gasteiger partial charge is 0.378 e. The Morgan fingerprint density at radius 2 is 2.25 bits per heavy atom. The van der Waals surface area contributed by atoms with Crippen LogP contribution in [0.3, 0.4) is 0 Å². The molecule has 0 radical (unpaired) electrons. The van der Waals surface area contributed by atoms with Crippen molar-refractivity contribution in [1.82, 2.24) is 5.32 Å². The number of carbonyl (C=O) groups is 1. The third-order valence-corrected chi connectivity index (χ3v) is 2.95. The molecule has 0 spiro atoms. The average molecular weight is 227 g/mol. The average Bonchev–Trinajstić information content (AvgIpc) is 2.74. The lowest BCUT2D eigenvalue weighted by atomic mass is 10.1. The van der Waals surface area contributed by atoms with E-state index < -0.39 is 0 Å². The molecule has 1 aliphatic rings. The predicted octanol–water partition coefficient (Wildman–Crippen LogP) is 2.29. The summed E-state index contributed by atoms with van der Waals surface area (Å²) in [5.41, 5.74) is 0. The molecule has 0 aromatic heterocycles. The molecule has 0 saturated carbocycles. The molecule has 1 atom stereocenters. The molecule has 94 valence electrons. The molecular weight excluding hydrogens is 202 g/mol. The Bertz CT molecular complexity index is 198. The molecule has 0 aliphatic carbocycles. The summed E-state index contributed by atoms with van der Waals surface area (Å²) < 4.78 is 5.50. The summed E-state index contributed by atoms with van der Waals surface area (Å²) in [6, 6.07) is 0.516. The molecule has 1 heterocycles. The summed E-state index contributed by atoms with van der Waals surface area (Å²) >= 11 is 0. The van der Waals surface area contributed by atoms with Crippen molar-refractivity contribution in [2.75, 3.05) is 13.2 Å². The second-order valence-electron chi connectivity index (χ2n) is 4.92. The third kappa shape index (κ3) is 6.23. The molecule has 1 N–H and O–H groups in total. The minimum Gasteiger partial charge on any atom is -0.378 e. The lowest BCUT2D eigenvalue weighted by molar-refractivity contribution is -0.119. The highest BCUT2D eigenvalue weighted by atomic mass is 16.5. The molecule has 0 bridgehead atoms. The van der Waals surface area contributed by atoms with Crippen molar-refractivity contribution in [2.45, 2.75) is 64.5 Å². The van der Waals surface area contributed by atoms with E-state index in [1.54, 1.807) is 0 Å². The first-order chi connectivity index (χ1) is 7.68. The standard InChI is InChI=1S/C13H25NO2/c1-11(2)14-9-3-5-12(15)7-8-13-6-4-10-16-13/h11,13-14H,3-10H2,1-2H3. The number of ketones is 1. The number of hydrogen-bond acceptors (Lipinski definition) is 3. The van der Waals surface area contributed by atoms with Gasteiger partial charge in [0, 0.05) is 25.5 Å². The van der Waals surface area contributed by atoms with Crippen LogP contribution in [0.25, 0.3) is 0 Å². The summed E-state index contributed by atoms with van der Waals surface area (Å²) in [5.74, 6) is 0.390. The maximum Gasteiger partial charge on any atom is 0.133 e. The summed E-state index contributed by atoms with van der Waals surface area (Å²) in [4.78, 5) is 11.6. The zero-order valence-electron chi connectivity index (χ0n) is 10.6. The lowest BCUT2D eigenvalue weighted by Gasteiger charge is -2.09. The van der Waals surface area contributed by atoms with E-state index in [1.807, 2.05) is 0 Å². The number of carbonyl (C=O) groups excluding carboxylic acids is 1. The maximum absolute atomic E-state index is 11.6. The Kier molecular flexibility index (Phi) is 6.65. The zero-order chi connectivity index (χ0) is 11.8. The van der Waals surface area contributed by atoms with Gasteiger partial charge in [-0.3, -0.25) is 4.79 Å². The van der Waals surface area contributed by atoms with Gasteiger partial charge in [0.2, 0.25) is 0 Å². The van der Waals surface area contributed by atoms with Gasteiger partial charge in [0.15, 0.2) is 0 Å². The quantitative estimate of drug-likeness (QED) is 0.647. The monoisotopic (exact) mass is 227 g/mol. The Morgan fingerprint density at radius 3 is 2.88 bits per heavy atom. The minimum atomic E-state index is 0.359. The SMILES string of the molecule is CC(C)NCCCC(=O)CCC1CCCO1. The van der Waals surface area contributed by atoms with Crippen LogP contribution in [0.5, 0.6) is 0 Å². The molecule has 1 rings (SSSR count). The number of Topliss-reactive ketones (excluding diaryl/α,β-unsaturated/α-hetero) is 1. The summed E-state index contributed by atoms with van der Waals surface area (Å²) in [7, 11) is 0. The Labute approximate surface area is 98.9 Å². The molecule has 16 heavy (non-hydrogen) atoms. The fourth-order valence-corrected chi connectivity index (χ4v) is 2.00. The van der Waals surface area contributed by atoms with Crippen LogP contribution >= 0.6 is 0 Å². The molecule has 1 fully saturated rings. The first-order valence-corrected chi connectivity index (χ1v) is 6.55. The molecule has 1 unspecified atom stereocenters. The van der Waals surface area contributed by atoms with E-state index in [0.29, 0.717) is 30.8 Å². The van der Waals surface area contributed by atoms with Gasteiger partial charge in [0.25, 0.3) is 0 Å². The van der Waals surface area contributed by atoms with Crippen molar-refractivity contribution in [2.24, 2.45) is 0 Å². The second-order valence-corrected chi connectivity index (χ2v) is 4.92. The van der Waals surface area contributed by atoms with Gasteiger partial charge >= 0.3 is 0 Å². The highest BCUT2D eigenvalue weighted by Gasteiger charge is 2.16. The van der Waals surface area contributed by atoms with Crippen molar-refractivity contribution < 1.29 is 9.53 Å². The molecule has 0 aromatic rings. The van der Waals surface area contributed by atoms with E-state index in [0.717, 1.165) is 38.8 Å². The van der Waals surface area contributed by atoms with Gasteiger partial charge in [-0.2, -0.15) is 0 Å². The van der Waals surface area contributed by atoms with Gasteiger partial charge in [-0.1, -0.05) is 13.8 Å². The Hall–Kier alpha value is -0.410. The third-order valence-electron chi connectivity index (χ3n) is 2.95. The van der Waals surface area contributed by atoms with E-state index in [-0.39, 0.29) is 0 Å². The first-order valence-electron chi connectivity index (χ1n) is 6.55. The Balaban J connectivity index is 1.94. The maximum atomic E-state index is 11.6. The van der Waals surface area contributed by atoms with E-state index >= 15 is 0 Å². The van der Waals surface area contributed by atoms with Gasteiger partial charge in [-0.15, -0.1) is 0 Å². The van der Waals surface area contributed by atoms with Crippen molar-refractivity contribution in [3.8, 4) is 0 Å².